The fourth-order valence-electron chi connectivity index (χ4n) is 5.52. The Morgan fingerprint density at radius 2 is 0.857 bits per heavy atom. The number of nitrogens with zero attached hydrogens (tertiary/aromatic N) is 2. The van der Waals surface area contributed by atoms with E-state index >= 15 is 0 Å². The fraction of sp³-hybridized carbons (Fsp3) is 0.909. The maximum Gasteiger partial charge on any atom is 0.256 e. The fourth-order valence-corrected chi connectivity index (χ4v) is 5.52. The standard InChI is InChI=1S/C33H65N2/c1-4-7-9-11-13-15-17-18-19-20-22-24-26-28-30-35-32-31-34(6-3)33(35)29-27-25-23-21-16-14-12-10-8-5-2/h31-32H,4-30H2,1-3H3/q+1. The molecular weight excluding hydrogens is 424 g/mol. The zero-order valence-corrected chi connectivity index (χ0v) is 24.6. The molecule has 0 saturated carbocycles. The summed E-state index contributed by atoms with van der Waals surface area (Å²) >= 11 is 0. The van der Waals surface area contributed by atoms with Crippen molar-refractivity contribution in [3.8, 4) is 0 Å². The normalized spacial score (nSPS) is 11.5. The second kappa shape index (κ2) is 24.9. The Balaban J connectivity index is 2.02. The summed E-state index contributed by atoms with van der Waals surface area (Å²) in [5.41, 5.74) is 0. The quantitative estimate of drug-likeness (QED) is 0.0858. The van der Waals surface area contributed by atoms with Crippen LogP contribution in [0.3, 0.4) is 0 Å². The average molecular weight is 490 g/mol. The van der Waals surface area contributed by atoms with Crippen LogP contribution in [-0.2, 0) is 19.5 Å². The Kier molecular flexibility index (Phi) is 22.9. The van der Waals surface area contributed by atoms with Gasteiger partial charge in [0.2, 0.25) is 0 Å². The van der Waals surface area contributed by atoms with Gasteiger partial charge < -0.3 is 0 Å². The first-order chi connectivity index (χ1) is 17.3. The highest BCUT2D eigenvalue weighted by Gasteiger charge is 2.15. The molecule has 206 valence electrons. The number of hydrogen-bond donors (Lipinski definition) is 0. The maximum absolute atomic E-state index is 2.57. The summed E-state index contributed by atoms with van der Waals surface area (Å²) in [4.78, 5) is 0. The van der Waals surface area contributed by atoms with Crippen molar-refractivity contribution in [3.63, 3.8) is 0 Å². The first-order valence-electron chi connectivity index (χ1n) is 16.4. The smallest absolute Gasteiger partial charge is 0.235 e. The van der Waals surface area contributed by atoms with Crippen molar-refractivity contribution in [2.24, 2.45) is 0 Å². The first-order valence-corrected chi connectivity index (χ1v) is 16.4. The lowest BCUT2D eigenvalue weighted by atomic mass is 10.0. The van der Waals surface area contributed by atoms with E-state index in [1.165, 1.54) is 167 Å². The molecule has 1 heterocycles. The Morgan fingerprint density at radius 1 is 0.486 bits per heavy atom. The van der Waals surface area contributed by atoms with Crippen LogP contribution in [0.25, 0.3) is 0 Å². The minimum atomic E-state index is 1.11. The highest BCUT2D eigenvalue weighted by atomic mass is 15.1. The summed E-state index contributed by atoms with van der Waals surface area (Å²) in [7, 11) is 0. The molecule has 0 spiro atoms. The Hall–Kier alpha value is -0.790. The van der Waals surface area contributed by atoms with Crippen molar-refractivity contribution in [1.82, 2.24) is 4.57 Å². The van der Waals surface area contributed by atoms with Gasteiger partial charge in [-0.25, -0.2) is 9.13 Å². The van der Waals surface area contributed by atoms with E-state index in [4.69, 9.17) is 0 Å². The Morgan fingerprint density at radius 3 is 1.26 bits per heavy atom. The van der Waals surface area contributed by atoms with Gasteiger partial charge in [0.15, 0.2) is 0 Å². The number of hydrogen-bond acceptors (Lipinski definition) is 0. The van der Waals surface area contributed by atoms with Crippen LogP contribution >= 0.6 is 0 Å². The summed E-state index contributed by atoms with van der Waals surface area (Å²) < 4.78 is 5.05. The molecule has 0 aliphatic carbocycles. The Labute approximate surface area is 221 Å². The predicted molar refractivity (Wildman–Crippen MR) is 156 cm³/mol. The number of unbranched alkanes of at least 4 members (excludes halogenated alkanes) is 22. The summed E-state index contributed by atoms with van der Waals surface area (Å²) in [6.45, 7) is 9.23. The molecule has 0 atom stereocenters. The molecule has 2 nitrogen and oxygen atoms in total. The molecule has 0 saturated heterocycles. The maximum atomic E-state index is 2.57. The monoisotopic (exact) mass is 490 g/mol. The van der Waals surface area contributed by atoms with Crippen LogP contribution < -0.4 is 4.57 Å². The van der Waals surface area contributed by atoms with Gasteiger partial charge in [-0.3, -0.25) is 0 Å². The largest absolute Gasteiger partial charge is 0.256 e. The van der Waals surface area contributed by atoms with E-state index in [0.717, 1.165) is 6.54 Å². The zero-order chi connectivity index (χ0) is 25.2. The Bertz CT molecular complexity index is 547. The summed E-state index contributed by atoms with van der Waals surface area (Å²) in [5, 5.41) is 0. The van der Waals surface area contributed by atoms with Gasteiger partial charge in [-0.1, -0.05) is 149 Å². The van der Waals surface area contributed by atoms with Crippen LogP contribution in [0.1, 0.15) is 181 Å². The van der Waals surface area contributed by atoms with Crippen molar-refractivity contribution in [2.75, 3.05) is 0 Å². The second-order valence-corrected chi connectivity index (χ2v) is 11.2. The third-order valence-electron chi connectivity index (χ3n) is 7.94. The highest BCUT2D eigenvalue weighted by molar-refractivity contribution is 4.84. The van der Waals surface area contributed by atoms with Crippen LogP contribution in [0, 0.1) is 0 Å². The minimum absolute atomic E-state index is 1.11. The molecule has 2 heteroatoms. The van der Waals surface area contributed by atoms with Crippen molar-refractivity contribution < 1.29 is 4.57 Å². The van der Waals surface area contributed by atoms with Crippen LogP contribution in [0.15, 0.2) is 12.4 Å². The van der Waals surface area contributed by atoms with Crippen LogP contribution in [0.2, 0.25) is 0 Å². The third kappa shape index (κ3) is 18.2. The van der Waals surface area contributed by atoms with E-state index < -0.39 is 0 Å². The van der Waals surface area contributed by atoms with Crippen LogP contribution in [-0.4, -0.2) is 4.57 Å². The van der Waals surface area contributed by atoms with E-state index in [0.29, 0.717) is 0 Å². The molecule has 0 radical (unpaired) electrons. The van der Waals surface area contributed by atoms with Crippen molar-refractivity contribution in [1.29, 1.82) is 0 Å². The summed E-state index contributed by atoms with van der Waals surface area (Å²) in [5.74, 6) is 1.57. The van der Waals surface area contributed by atoms with Gasteiger partial charge in [0, 0.05) is 6.42 Å². The van der Waals surface area contributed by atoms with Crippen LogP contribution in [0.4, 0.5) is 0 Å². The van der Waals surface area contributed by atoms with E-state index in [1.54, 1.807) is 5.82 Å². The molecular formula is C33H65N2+. The second-order valence-electron chi connectivity index (χ2n) is 11.2. The molecule has 0 aromatic carbocycles. The minimum Gasteiger partial charge on any atom is -0.235 e. The lowest BCUT2D eigenvalue weighted by Crippen LogP contribution is -2.36. The molecule has 1 aromatic rings. The SMILES string of the molecule is CCCCCCCCCCCCCCCCn1cc[n+](CC)c1CCCCCCCCCCCC. The molecule has 0 aliphatic rings. The van der Waals surface area contributed by atoms with E-state index in [1.807, 2.05) is 0 Å². The lowest BCUT2D eigenvalue weighted by Gasteiger charge is -2.06. The predicted octanol–water partition coefficient (Wildman–Crippen LogP) is 10.7. The molecule has 1 rings (SSSR count). The lowest BCUT2D eigenvalue weighted by molar-refractivity contribution is -0.700. The van der Waals surface area contributed by atoms with Crippen molar-refractivity contribution >= 4 is 0 Å². The van der Waals surface area contributed by atoms with E-state index in [9.17, 15) is 0 Å². The van der Waals surface area contributed by atoms with E-state index in [2.05, 4.69) is 42.3 Å². The number of rotatable bonds is 27. The van der Waals surface area contributed by atoms with Crippen molar-refractivity contribution in [2.45, 2.75) is 194 Å². The highest BCUT2D eigenvalue weighted by Crippen LogP contribution is 2.15. The number of aryl methyl sites for hydroxylation is 2. The molecule has 0 N–H and O–H groups in total. The molecule has 0 fully saturated rings. The molecule has 35 heavy (non-hydrogen) atoms. The molecule has 0 aliphatic heterocycles. The molecule has 0 unspecified atom stereocenters. The van der Waals surface area contributed by atoms with E-state index in [-0.39, 0.29) is 0 Å². The number of aromatic nitrogens is 2. The van der Waals surface area contributed by atoms with Crippen molar-refractivity contribution in [3.05, 3.63) is 18.2 Å². The van der Waals surface area contributed by atoms with Gasteiger partial charge in [-0.15, -0.1) is 0 Å². The van der Waals surface area contributed by atoms with Gasteiger partial charge in [-0.2, -0.15) is 0 Å². The first kappa shape index (κ1) is 32.2. The van der Waals surface area contributed by atoms with Gasteiger partial charge >= 0.3 is 0 Å². The topological polar surface area (TPSA) is 8.81 Å². The van der Waals surface area contributed by atoms with Gasteiger partial charge in [-0.05, 0) is 26.2 Å². The molecule has 0 amide bonds. The van der Waals surface area contributed by atoms with Gasteiger partial charge in [0.1, 0.15) is 12.4 Å². The summed E-state index contributed by atoms with van der Waals surface area (Å²) in [6.07, 6.45) is 40.3. The number of imidazole rings is 1. The third-order valence-corrected chi connectivity index (χ3v) is 7.94. The average Bonchev–Trinajstić information content (AvgIpc) is 3.27. The zero-order valence-electron chi connectivity index (χ0n) is 24.6. The molecule has 1 aromatic heterocycles. The van der Waals surface area contributed by atoms with Gasteiger partial charge in [0.25, 0.3) is 5.82 Å². The van der Waals surface area contributed by atoms with Crippen LogP contribution in [0.5, 0.6) is 0 Å². The van der Waals surface area contributed by atoms with Gasteiger partial charge in [0.05, 0.1) is 13.1 Å². The molecule has 0 bridgehead atoms. The summed E-state index contributed by atoms with van der Waals surface area (Å²) in [6, 6.07) is 0.